The summed E-state index contributed by atoms with van der Waals surface area (Å²) in [5, 5.41) is 19.1. The van der Waals surface area contributed by atoms with Gasteiger partial charge in [-0.1, -0.05) is 12.8 Å². The number of rotatable bonds is 4. The van der Waals surface area contributed by atoms with Crippen LogP contribution in [0.1, 0.15) is 36.4 Å². The number of phenols is 1. The second kappa shape index (κ2) is 4.64. The quantitative estimate of drug-likeness (QED) is 0.832. The molecule has 1 saturated carbocycles. The Morgan fingerprint density at radius 3 is 2.82 bits per heavy atom. The first kappa shape index (κ1) is 11.7. The van der Waals surface area contributed by atoms with Gasteiger partial charge in [0.2, 0.25) is 0 Å². The summed E-state index contributed by atoms with van der Waals surface area (Å²) in [4.78, 5) is 0. The summed E-state index contributed by atoms with van der Waals surface area (Å²) in [6.45, 7) is 0. The second-order valence-electron chi connectivity index (χ2n) is 4.48. The van der Waals surface area contributed by atoms with E-state index >= 15 is 0 Å². The monoisotopic (exact) mass is 232 g/mol. The Kier molecular flexibility index (Phi) is 3.21. The van der Waals surface area contributed by atoms with Gasteiger partial charge in [-0.3, -0.25) is 0 Å². The van der Waals surface area contributed by atoms with Crippen LogP contribution in [0.4, 0.5) is 0 Å². The molecule has 17 heavy (non-hydrogen) atoms. The molecule has 0 heterocycles. The minimum absolute atomic E-state index is 0.000278. The molecule has 0 saturated heterocycles. The van der Waals surface area contributed by atoms with Gasteiger partial charge in [0.05, 0.1) is 18.7 Å². The number of aromatic hydroxyl groups is 1. The van der Waals surface area contributed by atoms with Crippen molar-refractivity contribution >= 4 is 0 Å². The lowest BCUT2D eigenvalue weighted by atomic mass is 9.96. The van der Waals surface area contributed by atoms with E-state index in [0.29, 0.717) is 22.8 Å². The molecule has 1 aliphatic carbocycles. The van der Waals surface area contributed by atoms with Crippen LogP contribution in [0.3, 0.4) is 0 Å². The first-order valence-electron chi connectivity index (χ1n) is 5.73. The Morgan fingerprint density at radius 1 is 1.59 bits per heavy atom. The van der Waals surface area contributed by atoms with Crippen molar-refractivity contribution in [3.05, 3.63) is 23.3 Å². The second-order valence-corrected chi connectivity index (χ2v) is 4.48. The molecule has 0 unspecified atom stereocenters. The highest BCUT2D eigenvalue weighted by molar-refractivity contribution is 5.55. The fraction of sp³-hybridized carbons (Fsp3) is 0.462. The van der Waals surface area contributed by atoms with Gasteiger partial charge < -0.3 is 15.6 Å². The van der Waals surface area contributed by atoms with E-state index in [9.17, 15) is 5.11 Å². The molecular weight excluding hydrogens is 216 g/mol. The highest BCUT2D eigenvalue weighted by Gasteiger charge is 2.27. The maximum absolute atomic E-state index is 10.0. The van der Waals surface area contributed by atoms with Crippen LogP contribution in [0.15, 0.2) is 12.1 Å². The molecule has 0 bridgehead atoms. The van der Waals surface area contributed by atoms with E-state index in [0.717, 1.165) is 6.42 Å². The zero-order valence-electron chi connectivity index (χ0n) is 9.81. The van der Waals surface area contributed by atoms with Crippen LogP contribution >= 0.6 is 0 Å². The number of nitrogens with zero attached hydrogens (tertiary/aromatic N) is 1. The van der Waals surface area contributed by atoms with Crippen molar-refractivity contribution < 1.29 is 9.84 Å². The molecule has 4 heteroatoms. The number of benzene rings is 1. The normalized spacial score (nSPS) is 16.3. The molecule has 0 aliphatic heterocycles. The minimum Gasteiger partial charge on any atom is -0.504 e. The maximum Gasteiger partial charge on any atom is 0.163 e. The largest absolute Gasteiger partial charge is 0.504 e. The Hall–Kier alpha value is -1.73. The number of phenolic OH excluding ortho intramolecular Hbond substituents is 1. The van der Waals surface area contributed by atoms with Crippen LogP contribution in [0.5, 0.6) is 11.5 Å². The highest BCUT2D eigenvalue weighted by Crippen LogP contribution is 2.42. The van der Waals surface area contributed by atoms with Gasteiger partial charge in [-0.25, -0.2) is 0 Å². The first-order chi connectivity index (χ1) is 8.17. The molecule has 0 spiro atoms. The van der Waals surface area contributed by atoms with E-state index in [1.165, 1.54) is 20.0 Å². The van der Waals surface area contributed by atoms with Crippen LogP contribution < -0.4 is 10.5 Å². The standard InChI is InChI=1S/C13H16N2O2/c1-17-11-5-4-9(7-14)12(13(11)16)10(15)6-8-2-3-8/h4-5,8,10,16H,2-3,6,15H2,1H3/t10-/m1/s1. The van der Waals surface area contributed by atoms with Crippen LogP contribution in [0.25, 0.3) is 0 Å². The Balaban J connectivity index is 2.37. The van der Waals surface area contributed by atoms with Crippen LogP contribution in [0.2, 0.25) is 0 Å². The summed E-state index contributed by atoms with van der Waals surface area (Å²) >= 11 is 0. The average molecular weight is 232 g/mol. The predicted molar refractivity (Wildman–Crippen MR) is 63.6 cm³/mol. The van der Waals surface area contributed by atoms with Gasteiger partial charge in [-0.15, -0.1) is 0 Å². The van der Waals surface area contributed by atoms with Crippen molar-refractivity contribution in [3.8, 4) is 17.6 Å². The zero-order chi connectivity index (χ0) is 12.4. The van der Waals surface area contributed by atoms with Gasteiger partial charge >= 0.3 is 0 Å². The molecule has 90 valence electrons. The van der Waals surface area contributed by atoms with Gasteiger partial charge in [0.25, 0.3) is 0 Å². The third-order valence-electron chi connectivity index (χ3n) is 3.18. The fourth-order valence-corrected chi connectivity index (χ4v) is 2.06. The number of nitriles is 1. The zero-order valence-corrected chi connectivity index (χ0v) is 9.81. The van der Waals surface area contributed by atoms with Gasteiger partial charge in [-0.05, 0) is 24.5 Å². The molecule has 1 fully saturated rings. The summed E-state index contributed by atoms with van der Waals surface area (Å²) in [6, 6.07) is 4.99. The minimum atomic E-state index is -0.299. The van der Waals surface area contributed by atoms with E-state index in [-0.39, 0.29) is 11.8 Å². The lowest BCUT2D eigenvalue weighted by molar-refractivity contribution is 0.367. The van der Waals surface area contributed by atoms with Crippen molar-refractivity contribution in [3.63, 3.8) is 0 Å². The highest BCUT2D eigenvalue weighted by atomic mass is 16.5. The average Bonchev–Trinajstić information content (AvgIpc) is 3.12. The predicted octanol–water partition coefficient (Wildman–Crippen LogP) is 2.07. The SMILES string of the molecule is COc1ccc(C#N)c([C@H](N)CC2CC2)c1O. The molecule has 0 aromatic heterocycles. The van der Waals surface area contributed by atoms with Crippen LogP contribution in [0, 0.1) is 17.2 Å². The van der Waals surface area contributed by atoms with Crippen molar-refractivity contribution in [2.75, 3.05) is 7.11 Å². The van der Waals surface area contributed by atoms with Crippen molar-refractivity contribution in [1.82, 2.24) is 0 Å². The summed E-state index contributed by atoms with van der Waals surface area (Å²) in [6.07, 6.45) is 3.20. The van der Waals surface area contributed by atoms with Crippen molar-refractivity contribution in [2.24, 2.45) is 11.7 Å². The maximum atomic E-state index is 10.0. The number of ether oxygens (including phenoxy) is 1. The van der Waals surface area contributed by atoms with E-state index in [4.69, 9.17) is 15.7 Å². The fourth-order valence-electron chi connectivity index (χ4n) is 2.06. The van der Waals surface area contributed by atoms with Gasteiger partial charge in [-0.2, -0.15) is 5.26 Å². The van der Waals surface area contributed by atoms with E-state index in [2.05, 4.69) is 6.07 Å². The summed E-state index contributed by atoms with van der Waals surface area (Å²) in [5.74, 6) is 1.01. The number of hydrogen-bond donors (Lipinski definition) is 2. The Morgan fingerprint density at radius 2 is 2.29 bits per heavy atom. The van der Waals surface area contributed by atoms with Gasteiger partial charge in [0, 0.05) is 11.6 Å². The number of methoxy groups -OCH3 is 1. The smallest absolute Gasteiger partial charge is 0.163 e. The topological polar surface area (TPSA) is 79.3 Å². The summed E-state index contributed by atoms with van der Waals surface area (Å²) in [7, 11) is 1.48. The lowest BCUT2D eigenvalue weighted by Crippen LogP contribution is -2.13. The van der Waals surface area contributed by atoms with Gasteiger partial charge in [0.1, 0.15) is 0 Å². The molecule has 3 N–H and O–H groups in total. The first-order valence-corrected chi connectivity index (χ1v) is 5.73. The molecule has 1 atom stereocenters. The number of hydrogen-bond acceptors (Lipinski definition) is 4. The van der Waals surface area contributed by atoms with E-state index in [1.54, 1.807) is 12.1 Å². The number of nitrogens with two attached hydrogens (primary N) is 1. The molecular formula is C13H16N2O2. The molecule has 1 aliphatic rings. The molecule has 0 amide bonds. The van der Waals surface area contributed by atoms with E-state index < -0.39 is 0 Å². The van der Waals surface area contributed by atoms with Crippen molar-refractivity contribution in [2.45, 2.75) is 25.3 Å². The molecule has 1 aromatic carbocycles. The Bertz CT molecular complexity index is 461. The molecule has 4 nitrogen and oxygen atoms in total. The third kappa shape index (κ3) is 2.34. The third-order valence-corrected chi connectivity index (χ3v) is 3.18. The summed E-state index contributed by atoms with van der Waals surface area (Å²) in [5.41, 5.74) is 7.01. The molecule has 1 aromatic rings. The Labute approximate surface area is 101 Å². The lowest BCUT2D eigenvalue weighted by Gasteiger charge is -2.16. The van der Waals surface area contributed by atoms with Gasteiger partial charge in [0.15, 0.2) is 11.5 Å². The van der Waals surface area contributed by atoms with Crippen molar-refractivity contribution in [1.29, 1.82) is 5.26 Å². The van der Waals surface area contributed by atoms with Crippen LogP contribution in [-0.2, 0) is 0 Å². The molecule has 2 rings (SSSR count). The molecule has 0 radical (unpaired) electrons. The van der Waals surface area contributed by atoms with E-state index in [1.807, 2.05) is 0 Å². The van der Waals surface area contributed by atoms with Crippen LogP contribution in [-0.4, -0.2) is 12.2 Å². The summed E-state index contributed by atoms with van der Waals surface area (Å²) < 4.78 is 5.04.